The molecular weight excluding hydrogens is 368 g/mol. The number of anilines is 2. The first-order valence-corrected chi connectivity index (χ1v) is 7.98. The Bertz CT molecular complexity index is 722. The number of pyridine rings is 1. The van der Waals surface area contributed by atoms with E-state index < -0.39 is 10.0 Å². The van der Waals surface area contributed by atoms with E-state index >= 15 is 0 Å². The maximum absolute atomic E-state index is 12.2. The molecule has 0 spiro atoms. The third kappa shape index (κ3) is 3.40. The van der Waals surface area contributed by atoms with Crippen molar-refractivity contribution in [3.63, 3.8) is 0 Å². The normalized spacial score (nSPS) is 11.2. The van der Waals surface area contributed by atoms with Gasteiger partial charge in [0.25, 0.3) is 10.0 Å². The minimum absolute atomic E-state index is 0.00971. The van der Waals surface area contributed by atoms with Gasteiger partial charge >= 0.3 is 0 Å². The molecule has 0 bridgehead atoms. The summed E-state index contributed by atoms with van der Waals surface area (Å²) in [6.07, 6.45) is 1.20. The first-order chi connectivity index (χ1) is 9.42. The Hall–Kier alpha value is -1.35. The number of nitrogens with two attached hydrogens (primary N) is 1. The quantitative estimate of drug-likeness (QED) is 0.562. The van der Waals surface area contributed by atoms with E-state index in [0.29, 0.717) is 5.82 Å². The minimum atomic E-state index is -3.75. The standard InChI is InChI=1S/C11H10BrClN4O2S/c12-7-1-3-10(9(13)5-7)17-20(18,19)8-2-4-11(16-14)15-6-8/h1-6,17H,14H2,(H,15,16). The highest BCUT2D eigenvalue weighted by Crippen LogP contribution is 2.27. The molecule has 0 unspecified atom stereocenters. The summed E-state index contributed by atoms with van der Waals surface area (Å²) in [5.41, 5.74) is 2.61. The van der Waals surface area contributed by atoms with Crippen LogP contribution in [0, 0.1) is 0 Å². The van der Waals surface area contributed by atoms with Gasteiger partial charge in [-0.15, -0.1) is 0 Å². The summed E-state index contributed by atoms with van der Waals surface area (Å²) in [6, 6.07) is 7.69. The molecule has 0 aliphatic heterocycles. The number of sulfonamides is 1. The summed E-state index contributed by atoms with van der Waals surface area (Å²) >= 11 is 9.22. The lowest BCUT2D eigenvalue weighted by atomic mass is 10.3. The van der Waals surface area contributed by atoms with Crippen molar-refractivity contribution in [1.82, 2.24) is 4.98 Å². The van der Waals surface area contributed by atoms with Crippen LogP contribution in [0.25, 0.3) is 0 Å². The van der Waals surface area contributed by atoms with Crippen LogP contribution in [0.1, 0.15) is 0 Å². The molecule has 20 heavy (non-hydrogen) atoms. The Morgan fingerprint density at radius 3 is 2.55 bits per heavy atom. The molecule has 0 aliphatic carbocycles. The van der Waals surface area contributed by atoms with Gasteiger partial charge in [-0.1, -0.05) is 27.5 Å². The lowest BCUT2D eigenvalue weighted by Crippen LogP contribution is -2.14. The van der Waals surface area contributed by atoms with Crippen molar-refractivity contribution in [2.75, 3.05) is 10.1 Å². The number of hydrazine groups is 1. The fraction of sp³-hybridized carbons (Fsp3) is 0. The lowest BCUT2D eigenvalue weighted by molar-refractivity contribution is 0.601. The van der Waals surface area contributed by atoms with Crippen LogP contribution in [-0.4, -0.2) is 13.4 Å². The summed E-state index contributed by atoms with van der Waals surface area (Å²) in [7, 11) is -3.75. The van der Waals surface area contributed by atoms with Gasteiger partial charge in [-0.3, -0.25) is 4.72 Å². The maximum atomic E-state index is 12.2. The van der Waals surface area contributed by atoms with Gasteiger partial charge in [0.2, 0.25) is 0 Å². The molecule has 106 valence electrons. The van der Waals surface area contributed by atoms with Crippen molar-refractivity contribution in [3.05, 3.63) is 46.0 Å². The van der Waals surface area contributed by atoms with Crippen molar-refractivity contribution in [2.24, 2.45) is 5.84 Å². The summed E-state index contributed by atoms with van der Waals surface area (Å²) in [4.78, 5) is 3.86. The molecule has 0 saturated heterocycles. The highest BCUT2D eigenvalue weighted by atomic mass is 79.9. The van der Waals surface area contributed by atoms with Crippen LogP contribution in [0.5, 0.6) is 0 Å². The maximum Gasteiger partial charge on any atom is 0.263 e. The van der Waals surface area contributed by atoms with Gasteiger partial charge in [-0.2, -0.15) is 0 Å². The van der Waals surface area contributed by atoms with Crippen LogP contribution in [-0.2, 0) is 10.0 Å². The largest absolute Gasteiger partial charge is 0.308 e. The van der Waals surface area contributed by atoms with Crippen LogP contribution >= 0.6 is 27.5 Å². The highest BCUT2D eigenvalue weighted by Gasteiger charge is 2.16. The van der Waals surface area contributed by atoms with Crippen molar-refractivity contribution >= 4 is 49.1 Å². The predicted octanol–water partition coefficient (Wildman–Crippen LogP) is 2.58. The molecule has 9 heteroatoms. The van der Waals surface area contributed by atoms with E-state index in [9.17, 15) is 8.42 Å². The van der Waals surface area contributed by atoms with E-state index in [1.54, 1.807) is 18.2 Å². The zero-order valence-corrected chi connectivity index (χ0v) is 13.1. The zero-order valence-electron chi connectivity index (χ0n) is 9.97. The van der Waals surface area contributed by atoms with Gasteiger partial charge in [-0.05, 0) is 30.3 Å². The SMILES string of the molecule is NNc1ccc(S(=O)(=O)Nc2ccc(Br)cc2Cl)cn1. The molecule has 2 aromatic rings. The Balaban J connectivity index is 2.30. The Morgan fingerprint density at radius 1 is 1.25 bits per heavy atom. The first-order valence-electron chi connectivity index (χ1n) is 5.33. The number of aromatic nitrogens is 1. The zero-order chi connectivity index (χ0) is 14.8. The smallest absolute Gasteiger partial charge is 0.263 e. The van der Waals surface area contributed by atoms with E-state index in [1.807, 2.05) is 0 Å². The Kier molecular flexibility index (Phi) is 4.48. The second-order valence-corrected chi connectivity index (χ2v) is 6.76. The number of hydrogen-bond acceptors (Lipinski definition) is 5. The third-order valence-electron chi connectivity index (χ3n) is 2.37. The second kappa shape index (κ2) is 5.96. The number of nitrogens with zero attached hydrogens (tertiary/aromatic N) is 1. The number of nitrogen functional groups attached to an aromatic ring is 1. The van der Waals surface area contributed by atoms with E-state index in [0.717, 1.165) is 4.47 Å². The average molecular weight is 378 g/mol. The van der Waals surface area contributed by atoms with Gasteiger partial charge in [0, 0.05) is 10.7 Å². The van der Waals surface area contributed by atoms with E-state index in [4.69, 9.17) is 17.4 Å². The number of hydrogen-bond donors (Lipinski definition) is 3. The topological polar surface area (TPSA) is 97.1 Å². The number of nitrogens with one attached hydrogen (secondary N) is 2. The number of rotatable bonds is 4. The van der Waals surface area contributed by atoms with Gasteiger partial charge in [0.05, 0.1) is 10.7 Å². The van der Waals surface area contributed by atoms with E-state index in [1.165, 1.54) is 18.3 Å². The van der Waals surface area contributed by atoms with Crippen molar-refractivity contribution in [1.29, 1.82) is 0 Å². The summed E-state index contributed by atoms with van der Waals surface area (Å²) < 4.78 is 27.5. The van der Waals surface area contributed by atoms with Crippen molar-refractivity contribution in [3.8, 4) is 0 Å². The van der Waals surface area contributed by atoms with Gasteiger partial charge in [0.1, 0.15) is 10.7 Å². The van der Waals surface area contributed by atoms with E-state index in [-0.39, 0.29) is 15.6 Å². The van der Waals surface area contributed by atoms with Crippen LogP contribution < -0.4 is 16.0 Å². The molecule has 6 nitrogen and oxygen atoms in total. The van der Waals surface area contributed by atoms with Crippen LogP contribution in [0.4, 0.5) is 11.5 Å². The molecule has 4 N–H and O–H groups in total. The molecule has 2 rings (SSSR count). The highest BCUT2D eigenvalue weighted by molar-refractivity contribution is 9.10. The Morgan fingerprint density at radius 2 is 2.00 bits per heavy atom. The lowest BCUT2D eigenvalue weighted by Gasteiger charge is -2.10. The van der Waals surface area contributed by atoms with Crippen LogP contribution in [0.2, 0.25) is 5.02 Å². The number of benzene rings is 1. The molecule has 0 radical (unpaired) electrons. The summed E-state index contributed by atoms with van der Waals surface area (Å²) in [5, 5.41) is 0.288. The molecule has 0 amide bonds. The fourth-order valence-corrected chi connectivity index (χ4v) is 3.20. The molecule has 1 heterocycles. The average Bonchev–Trinajstić information content (AvgIpc) is 2.42. The summed E-state index contributed by atoms with van der Waals surface area (Å²) in [5.74, 6) is 5.53. The number of halogens is 2. The minimum Gasteiger partial charge on any atom is -0.308 e. The first kappa shape index (κ1) is 15.0. The van der Waals surface area contributed by atoms with Crippen LogP contribution in [0.15, 0.2) is 45.9 Å². The van der Waals surface area contributed by atoms with Gasteiger partial charge < -0.3 is 5.43 Å². The molecular formula is C11H10BrClN4O2S. The monoisotopic (exact) mass is 376 g/mol. The molecule has 1 aromatic heterocycles. The van der Waals surface area contributed by atoms with E-state index in [2.05, 4.69) is 31.1 Å². The molecule has 0 atom stereocenters. The summed E-state index contributed by atoms with van der Waals surface area (Å²) in [6.45, 7) is 0. The van der Waals surface area contributed by atoms with Crippen molar-refractivity contribution < 1.29 is 8.42 Å². The van der Waals surface area contributed by atoms with Crippen LogP contribution in [0.3, 0.4) is 0 Å². The Labute approximate surface area is 129 Å². The van der Waals surface area contributed by atoms with Gasteiger partial charge in [0.15, 0.2) is 0 Å². The molecule has 0 aliphatic rings. The second-order valence-electron chi connectivity index (χ2n) is 3.75. The predicted molar refractivity (Wildman–Crippen MR) is 82.0 cm³/mol. The van der Waals surface area contributed by atoms with Gasteiger partial charge in [-0.25, -0.2) is 19.2 Å². The molecule has 0 saturated carbocycles. The molecule has 0 fully saturated rings. The van der Waals surface area contributed by atoms with Crippen molar-refractivity contribution in [2.45, 2.75) is 4.90 Å². The molecule has 1 aromatic carbocycles. The fourth-order valence-electron chi connectivity index (χ4n) is 1.40. The third-order valence-corrected chi connectivity index (χ3v) is 4.53.